The molecular formula is C15H15ClN2O3S. The zero-order valence-corrected chi connectivity index (χ0v) is 13.5. The molecule has 0 spiro atoms. The van der Waals surface area contributed by atoms with Crippen LogP contribution in [0.3, 0.4) is 0 Å². The standard InChI is InChI=1S/C15H15ClN2O3S/c1-21-13-3-2-11(16)8-12(13)18-14(19)4-6-17-15(20)10-5-7-22-9-10/h2-3,5,7-9H,4,6H2,1H3,(H,17,20)(H,18,19). The Bertz CT molecular complexity index is 659. The van der Waals surface area contributed by atoms with Crippen molar-refractivity contribution in [3.8, 4) is 5.75 Å². The fourth-order valence-corrected chi connectivity index (χ4v) is 2.58. The van der Waals surface area contributed by atoms with Gasteiger partial charge in [-0.2, -0.15) is 11.3 Å². The topological polar surface area (TPSA) is 67.4 Å². The highest BCUT2D eigenvalue weighted by Crippen LogP contribution is 2.27. The van der Waals surface area contributed by atoms with E-state index in [0.29, 0.717) is 22.0 Å². The summed E-state index contributed by atoms with van der Waals surface area (Å²) in [5.74, 6) is 0.112. The first-order chi connectivity index (χ1) is 10.6. The molecule has 0 aliphatic carbocycles. The Morgan fingerprint density at radius 1 is 1.32 bits per heavy atom. The van der Waals surface area contributed by atoms with Crippen molar-refractivity contribution in [1.29, 1.82) is 0 Å². The van der Waals surface area contributed by atoms with Gasteiger partial charge in [0.1, 0.15) is 5.75 Å². The van der Waals surface area contributed by atoms with E-state index < -0.39 is 0 Å². The van der Waals surface area contributed by atoms with Crippen molar-refractivity contribution in [2.24, 2.45) is 0 Å². The second-order valence-electron chi connectivity index (χ2n) is 4.41. The molecule has 1 heterocycles. The highest BCUT2D eigenvalue weighted by atomic mass is 35.5. The molecule has 0 aliphatic heterocycles. The maximum atomic E-state index is 11.9. The summed E-state index contributed by atoms with van der Waals surface area (Å²) in [5.41, 5.74) is 1.10. The lowest BCUT2D eigenvalue weighted by atomic mass is 10.2. The van der Waals surface area contributed by atoms with Crippen molar-refractivity contribution in [2.75, 3.05) is 19.0 Å². The van der Waals surface area contributed by atoms with Crippen LogP contribution in [0.1, 0.15) is 16.8 Å². The number of hydrogen-bond donors (Lipinski definition) is 2. The van der Waals surface area contributed by atoms with E-state index in [1.807, 2.05) is 5.38 Å². The molecule has 0 unspecified atom stereocenters. The summed E-state index contributed by atoms with van der Waals surface area (Å²) in [7, 11) is 1.51. The first-order valence-corrected chi connectivity index (χ1v) is 7.86. The Morgan fingerprint density at radius 3 is 2.82 bits per heavy atom. The fourth-order valence-electron chi connectivity index (χ4n) is 1.78. The Balaban J connectivity index is 1.83. The average Bonchev–Trinajstić information content (AvgIpc) is 3.01. The summed E-state index contributed by atoms with van der Waals surface area (Å²) in [5, 5.41) is 9.49. The number of nitrogens with one attached hydrogen (secondary N) is 2. The van der Waals surface area contributed by atoms with E-state index in [2.05, 4.69) is 10.6 Å². The van der Waals surface area contributed by atoms with Gasteiger partial charge in [0, 0.05) is 28.9 Å². The largest absolute Gasteiger partial charge is 0.495 e. The molecule has 0 aliphatic rings. The van der Waals surface area contributed by atoms with Crippen LogP contribution in [0.5, 0.6) is 5.75 Å². The van der Waals surface area contributed by atoms with Crippen LogP contribution in [0.25, 0.3) is 0 Å². The zero-order valence-electron chi connectivity index (χ0n) is 11.9. The third kappa shape index (κ3) is 4.47. The maximum absolute atomic E-state index is 11.9. The van der Waals surface area contributed by atoms with Crippen molar-refractivity contribution in [3.05, 3.63) is 45.6 Å². The number of hydrogen-bond acceptors (Lipinski definition) is 4. The number of halogens is 1. The highest BCUT2D eigenvalue weighted by molar-refractivity contribution is 7.08. The first kappa shape index (κ1) is 16.3. The molecule has 0 saturated heterocycles. The predicted octanol–water partition coefficient (Wildman–Crippen LogP) is 3.17. The molecule has 116 valence electrons. The summed E-state index contributed by atoms with van der Waals surface area (Å²) in [6.45, 7) is 0.253. The summed E-state index contributed by atoms with van der Waals surface area (Å²) >= 11 is 7.35. The molecule has 2 aromatic rings. The molecule has 0 radical (unpaired) electrons. The van der Waals surface area contributed by atoms with Gasteiger partial charge in [-0.25, -0.2) is 0 Å². The molecule has 1 aromatic heterocycles. The van der Waals surface area contributed by atoms with Gasteiger partial charge in [-0.05, 0) is 29.6 Å². The van der Waals surface area contributed by atoms with Gasteiger partial charge in [-0.15, -0.1) is 0 Å². The molecule has 2 N–H and O–H groups in total. The molecular weight excluding hydrogens is 324 g/mol. The molecule has 0 saturated carbocycles. The number of benzene rings is 1. The Hall–Kier alpha value is -2.05. The summed E-state index contributed by atoms with van der Waals surface area (Å²) in [6.07, 6.45) is 0.158. The Kier molecular flexibility index (Phi) is 5.80. The minimum atomic E-state index is -0.230. The molecule has 1 aromatic carbocycles. The second kappa shape index (κ2) is 7.82. The van der Waals surface area contributed by atoms with Crippen LogP contribution in [0, 0.1) is 0 Å². The van der Waals surface area contributed by atoms with Crippen molar-refractivity contribution < 1.29 is 14.3 Å². The second-order valence-corrected chi connectivity index (χ2v) is 5.63. The van der Waals surface area contributed by atoms with Gasteiger partial charge in [0.2, 0.25) is 5.91 Å². The van der Waals surface area contributed by atoms with E-state index in [0.717, 1.165) is 0 Å². The fraction of sp³-hybridized carbons (Fsp3) is 0.200. The minimum Gasteiger partial charge on any atom is -0.495 e. The van der Waals surface area contributed by atoms with Gasteiger partial charge >= 0.3 is 0 Å². The van der Waals surface area contributed by atoms with Gasteiger partial charge in [0.25, 0.3) is 5.91 Å². The number of anilines is 1. The van der Waals surface area contributed by atoms with E-state index >= 15 is 0 Å². The molecule has 0 atom stereocenters. The number of carbonyl (C=O) groups excluding carboxylic acids is 2. The van der Waals surface area contributed by atoms with Crippen LogP contribution < -0.4 is 15.4 Å². The molecule has 2 rings (SSSR count). The molecule has 2 amide bonds. The maximum Gasteiger partial charge on any atom is 0.252 e. The third-order valence-corrected chi connectivity index (χ3v) is 3.77. The van der Waals surface area contributed by atoms with Crippen LogP contribution in [0.2, 0.25) is 5.02 Å². The van der Waals surface area contributed by atoms with Crippen molar-refractivity contribution in [2.45, 2.75) is 6.42 Å². The van der Waals surface area contributed by atoms with Crippen LogP contribution in [0.4, 0.5) is 5.69 Å². The van der Waals surface area contributed by atoms with Crippen LogP contribution >= 0.6 is 22.9 Å². The van der Waals surface area contributed by atoms with E-state index in [1.54, 1.807) is 29.6 Å². The van der Waals surface area contributed by atoms with Gasteiger partial charge in [0.15, 0.2) is 0 Å². The Morgan fingerprint density at radius 2 is 2.14 bits per heavy atom. The SMILES string of the molecule is COc1ccc(Cl)cc1NC(=O)CCNC(=O)c1ccsc1. The molecule has 0 bridgehead atoms. The van der Waals surface area contributed by atoms with Gasteiger partial charge in [0.05, 0.1) is 12.8 Å². The van der Waals surface area contributed by atoms with E-state index in [-0.39, 0.29) is 24.8 Å². The first-order valence-electron chi connectivity index (χ1n) is 6.54. The number of rotatable bonds is 6. The Labute approximate surface area is 137 Å². The lowest BCUT2D eigenvalue weighted by molar-refractivity contribution is -0.116. The predicted molar refractivity (Wildman–Crippen MR) is 87.9 cm³/mol. The summed E-state index contributed by atoms with van der Waals surface area (Å²) < 4.78 is 5.15. The molecule has 0 fully saturated rings. The third-order valence-electron chi connectivity index (χ3n) is 2.86. The zero-order chi connectivity index (χ0) is 15.9. The van der Waals surface area contributed by atoms with Gasteiger partial charge in [-0.3, -0.25) is 9.59 Å². The van der Waals surface area contributed by atoms with Crippen molar-refractivity contribution >= 4 is 40.4 Å². The normalized spacial score (nSPS) is 10.1. The number of methoxy groups -OCH3 is 1. The minimum absolute atomic E-state index is 0.158. The van der Waals surface area contributed by atoms with E-state index in [4.69, 9.17) is 16.3 Å². The van der Waals surface area contributed by atoms with Gasteiger partial charge in [-0.1, -0.05) is 11.6 Å². The van der Waals surface area contributed by atoms with Crippen LogP contribution in [-0.2, 0) is 4.79 Å². The number of carbonyl (C=O) groups is 2. The lowest BCUT2D eigenvalue weighted by Crippen LogP contribution is -2.27. The van der Waals surface area contributed by atoms with Crippen LogP contribution in [0.15, 0.2) is 35.0 Å². The average molecular weight is 339 g/mol. The van der Waals surface area contributed by atoms with Crippen molar-refractivity contribution in [3.63, 3.8) is 0 Å². The number of amides is 2. The smallest absolute Gasteiger partial charge is 0.252 e. The van der Waals surface area contributed by atoms with E-state index in [1.165, 1.54) is 18.4 Å². The number of thiophene rings is 1. The van der Waals surface area contributed by atoms with Gasteiger partial charge < -0.3 is 15.4 Å². The quantitative estimate of drug-likeness (QED) is 0.850. The molecule has 5 nitrogen and oxygen atoms in total. The summed E-state index contributed by atoms with van der Waals surface area (Å²) in [6, 6.07) is 6.70. The molecule has 7 heteroatoms. The monoisotopic (exact) mass is 338 g/mol. The van der Waals surface area contributed by atoms with Crippen LogP contribution in [-0.4, -0.2) is 25.5 Å². The number of ether oxygens (including phenoxy) is 1. The highest BCUT2D eigenvalue weighted by Gasteiger charge is 2.10. The van der Waals surface area contributed by atoms with Crippen molar-refractivity contribution in [1.82, 2.24) is 5.32 Å². The lowest BCUT2D eigenvalue weighted by Gasteiger charge is -2.10. The summed E-state index contributed by atoms with van der Waals surface area (Å²) in [4.78, 5) is 23.6. The van der Waals surface area contributed by atoms with E-state index in [9.17, 15) is 9.59 Å². The molecule has 22 heavy (non-hydrogen) atoms.